The van der Waals surface area contributed by atoms with E-state index in [9.17, 15) is 8.78 Å². The number of hydrogen-bond donors (Lipinski definition) is 0. The minimum Gasteiger partial charge on any atom is -0.249 e. The van der Waals surface area contributed by atoms with E-state index in [0.29, 0.717) is 0 Å². The molecule has 0 atom stereocenters. The largest absolute Gasteiger partial charge is 0.249 e. The lowest BCUT2D eigenvalue weighted by Crippen LogP contribution is -1.96. The molecule has 0 spiro atoms. The monoisotopic (exact) mass is 104 g/mol. The summed E-state index contributed by atoms with van der Waals surface area (Å²) in [6.07, 6.45) is 0. The molecule has 39 valence electrons. The van der Waals surface area contributed by atoms with Crippen molar-refractivity contribution >= 4 is 0 Å². The van der Waals surface area contributed by atoms with E-state index >= 15 is 0 Å². The first kappa shape index (κ1) is 6.35. The SMILES string of the molecule is N#C[C](CF)CF. The molecule has 0 rings (SSSR count). The predicted octanol–water partition coefficient (Wildman–Crippen LogP) is 1.02. The first-order chi connectivity index (χ1) is 3.35. The van der Waals surface area contributed by atoms with Crippen LogP contribution in [-0.2, 0) is 0 Å². The summed E-state index contributed by atoms with van der Waals surface area (Å²) in [4.78, 5) is 0. The molecule has 0 aromatic rings. The first-order valence-electron chi connectivity index (χ1n) is 1.72. The lowest BCUT2D eigenvalue weighted by Gasteiger charge is -1.88. The molecule has 0 aliphatic rings. The Morgan fingerprint density at radius 1 is 1.43 bits per heavy atom. The molecule has 3 heteroatoms. The van der Waals surface area contributed by atoms with Gasteiger partial charge in [0.2, 0.25) is 0 Å². The zero-order valence-corrected chi connectivity index (χ0v) is 3.62. The fraction of sp³-hybridized carbons (Fsp3) is 0.500. The van der Waals surface area contributed by atoms with Crippen LogP contribution < -0.4 is 0 Å². The van der Waals surface area contributed by atoms with Gasteiger partial charge in [0.05, 0.1) is 6.07 Å². The molecule has 1 radical (unpaired) electrons. The van der Waals surface area contributed by atoms with Crippen LogP contribution in [0.1, 0.15) is 0 Å². The second kappa shape index (κ2) is 3.54. The van der Waals surface area contributed by atoms with Gasteiger partial charge in [-0.15, -0.1) is 0 Å². The van der Waals surface area contributed by atoms with Crippen LogP contribution in [0.3, 0.4) is 0 Å². The van der Waals surface area contributed by atoms with Gasteiger partial charge in [0.25, 0.3) is 0 Å². The van der Waals surface area contributed by atoms with Gasteiger partial charge in [-0.1, -0.05) is 0 Å². The smallest absolute Gasteiger partial charge is 0.137 e. The van der Waals surface area contributed by atoms with E-state index in [1.165, 1.54) is 6.07 Å². The van der Waals surface area contributed by atoms with E-state index in [1.54, 1.807) is 0 Å². The summed E-state index contributed by atoms with van der Waals surface area (Å²) in [6, 6.07) is 1.37. The van der Waals surface area contributed by atoms with Crippen LogP contribution >= 0.6 is 0 Å². The van der Waals surface area contributed by atoms with Gasteiger partial charge in [-0.25, -0.2) is 8.78 Å². The van der Waals surface area contributed by atoms with Gasteiger partial charge in [0.1, 0.15) is 19.3 Å². The van der Waals surface area contributed by atoms with Crippen LogP contribution in [-0.4, -0.2) is 13.3 Å². The molecule has 0 heterocycles. The minimum atomic E-state index is -0.965. The maximum atomic E-state index is 11.2. The second-order valence-corrected chi connectivity index (χ2v) is 0.983. The standard InChI is InChI=1S/C4H4F2N/c5-1-4(2-6)3-7/h1-2H2. The van der Waals surface area contributed by atoms with E-state index in [2.05, 4.69) is 0 Å². The Balaban J connectivity index is 3.23. The second-order valence-electron chi connectivity index (χ2n) is 0.983. The Labute approximate surface area is 40.6 Å². The molecule has 0 saturated carbocycles. The van der Waals surface area contributed by atoms with Crippen molar-refractivity contribution in [1.29, 1.82) is 5.26 Å². The van der Waals surface area contributed by atoms with Gasteiger partial charge in [0.15, 0.2) is 0 Å². The van der Waals surface area contributed by atoms with Gasteiger partial charge in [-0.05, 0) is 0 Å². The van der Waals surface area contributed by atoms with Gasteiger partial charge in [-0.3, -0.25) is 0 Å². The third-order valence-electron chi connectivity index (χ3n) is 0.481. The predicted molar refractivity (Wildman–Crippen MR) is 20.8 cm³/mol. The number of rotatable bonds is 2. The van der Waals surface area contributed by atoms with Crippen LogP contribution in [0.15, 0.2) is 0 Å². The Bertz CT molecular complexity index is 72.2. The summed E-state index contributed by atoms with van der Waals surface area (Å²) in [5.41, 5.74) is 0. The van der Waals surface area contributed by atoms with Crippen molar-refractivity contribution in [2.45, 2.75) is 0 Å². The highest BCUT2D eigenvalue weighted by Crippen LogP contribution is 1.96. The van der Waals surface area contributed by atoms with Crippen molar-refractivity contribution in [2.24, 2.45) is 0 Å². The van der Waals surface area contributed by atoms with Crippen molar-refractivity contribution in [3.8, 4) is 6.07 Å². The molecule has 0 amide bonds. The maximum Gasteiger partial charge on any atom is 0.137 e. The van der Waals surface area contributed by atoms with Crippen LogP contribution in [0, 0.1) is 17.2 Å². The third kappa shape index (κ3) is 2.10. The van der Waals surface area contributed by atoms with Gasteiger partial charge in [-0.2, -0.15) is 5.26 Å². The minimum absolute atomic E-state index is 0.347. The molecule has 1 nitrogen and oxygen atoms in total. The Morgan fingerprint density at radius 2 is 1.86 bits per heavy atom. The molecule has 7 heavy (non-hydrogen) atoms. The molecule has 0 fully saturated rings. The fourth-order valence-corrected chi connectivity index (χ4v) is 0.0955. The highest BCUT2D eigenvalue weighted by atomic mass is 19.1. The molecule has 0 aliphatic heterocycles. The summed E-state index contributed by atoms with van der Waals surface area (Å²) >= 11 is 0. The molecule has 0 unspecified atom stereocenters. The van der Waals surface area contributed by atoms with Crippen molar-refractivity contribution < 1.29 is 8.78 Å². The van der Waals surface area contributed by atoms with Crippen LogP contribution in [0.5, 0.6) is 0 Å². The van der Waals surface area contributed by atoms with Gasteiger partial charge >= 0.3 is 0 Å². The van der Waals surface area contributed by atoms with E-state index in [-0.39, 0.29) is 5.92 Å². The number of nitriles is 1. The van der Waals surface area contributed by atoms with Gasteiger partial charge in [0, 0.05) is 0 Å². The molecule has 0 N–H and O–H groups in total. The molecule has 0 aromatic carbocycles. The highest BCUT2D eigenvalue weighted by molar-refractivity contribution is 5.10. The van der Waals surface area contributed by atoms with E-state index < -0.39 is 13.3 Å². The number of alkyl halides is 2. The zero-order valence-electron chi connectivity index (χ0n) is 3.62. The quantitative estimate of drug-likeness (QED) is 0.513. The summed E-state index contributed by atoms with van der Waals surface area (Å²) in [6.45, 7) is -1.93. The number of halogens is 2. The lowest BCUT2D eigenvalue weighted by atomic mass is 10.2. The highest BCUT2D eigenvalue weighted by Gasteiger charge is 2.04. The summed E-state index contributed by atoms with van der Waals surface area (Å²) < 4.78 is 22.3. The first-order valence-corrected chi connectivity index (χ1v) is 1.72. The molecule has 0 aromatic heterocycles. The molecule has 0 bridgehead atoms. The number of hydrogen-bond acceptors (Lipinski definition) is 1. The van der Waals surface area contributed by atoms with Crippen LogP contribution in [0.4, 0.5) is 8.78 Å². The van der Waals surface area contributed by atoms with E-state index in [0.717, 1.165) is 0 Å². The summed E-state index contributed by atoms with van der Waals surface area (Å²) in [7, 11) is 0. The van der Waals surface area contributed by atoms with Gasteiger partial charge < -0.3 is 0 Å². The van der Waals surface area contributed by atoms with E-state index in [4.69, 9.17) is 5.26 Å². The number of nitrogens with zero attached hydrogens (tertiary/aromatic N) is 1. The van der Waals surface area contributed by atoms with Crippen molar-refractivity contribution in [3.63, 3.8) is 0 Å². The van der Waals surface area contributed by atoms with Crippen molar-refractivity contribution in [1.82, 2.24) is 0 Å². The summed E-state index contributed by atoms with van der Waals surface area (Å²) in [5.74, 6) is -0.347. The third-order valence-corrected chi connectivity index (χ3v) is 0.481. The molecule has 0 aliphatic carbocycles. The Morgan fingerprint density at radius 3 is 1.86 bits per heavy atom. The van der Waals surface area contributed by atoms with Crippen molar-refractivity contribution in [3.05, 3.63) is 5.92 Å². The topological polar surface area (TPSA) is 23.8 Å². The van der Waals surface area contributed by atoms with Crippen LogP contribution in [0.2, 0.25) is 0 Å². The average Bonchev–Trinajstić information content (AvgIpc) is 1.72. The molecular weight excluding hydrogens is 100 g/mol. The fourth-order valence-electron chi connectivity index (χ4n) is 0.0955. The van der Waals surface area contributed by atoms with Crippen LogP contribution in [0.25, 0.3) is 0 Å². The summed E-state index contributed by atoms with van der Waals surface area (Å²) in [5, 5.41) is 7.76. The maximum absolute atomic E-state index is 11.2. The lowest BCUT2D eigenvalue weighted by molar-refractivity contribution is 0.444. The molecule has 0 saturated heterocycles. The Hall–Kier alpha value is -0.650. The normalized spacial score (nSPS) is 8.86. The molecular formula is C4H4F2N. The Kier molecular flexibility index (Phi) is 3.21. The zero-order chi connectivity index (χ0) is 5.70. The van der Waals surface area contributed by atoms with E-state index in [1.807, 2.05) is 0 Å². The average molecular weight is 104 g/mol. The van der Waals surface area contributed by atoms with Crippen molar-refractivity contribution in [2.75, 3.05) is 13.3 Å².